The van der Waals surface area contributed by atoms with Crippen molar-refractivity contribution in [3.05, 3.63) is 47.1 Å². The van der Waals surface area contributed by atoms with Crippen LogP contribution in [0.2, 0.25) is 0 Å². The summed E-state index contributed by atoms with van der Waals surface area (Å²) < 4.78 is 2.00. The number of aliphatic hydroxyl groups is 1. The lowest BCUT2D eigenvalue weighted by Gasteiger charge is -2.19. The lowest BCUT2D eigenvalue weighted by atomic mass is 10.1. The number of nitrogens with zero attached hydrogens (tertiary/aromatic N) is 3. The highest BCUT2D eigenvalue weighted by atomic mass is 32.1. The molecule has 2 aromatic heterocycles. The Hall–Kier alpha value is -2.18. The summed E-state index contributed by atoms with van der Waals surface area (Å²) in [6, 6.07) is 8.44. The molecular weight excluding hydrogens is 334 g/mol. The van der Waals surface area contributed by atoms with Gasteiger partial charge in [0.25, 0.3) is 0 Å². The van der Waals surface area contributed by atoms with E-state index in [-0.39, 0.29) is 12.5 Å². The van der Waals surface area contributed by atoms with Gasteiger partial charge in [-0.15, -0.1) is 11.3 Å². The molecule has 5 nitrogen and oxygen atoms in total. The van der Waals surface area contributed by atoms with E-state index in [2.05, 4.69) is 36.2 Å². The number of rotatable bonds is 7. The molecule has 25 heavy (non-hydrogen) atoms. The Balaban J connectivity index is 1.83. The first kappa shape index (κ1) is 17.6. The molecule has 0 atom stereocenters. The number of benzene rings is 1. The molecule has 1 N–H and O–H groups in total. The molecular formula is C19H23N3O2S. The minimum atomic E-state index is -0.0123. The predicted octanol–water partition coefficient (Wildman–Crippen LogP) is 3.01. The van der Waals surface area contributed by atoms with Gasteiger partial charge in [0.15, 0.2) is 4.96 Å². The molecule has 1 amide bonds. The van der Waals surface area contributed by atoms with Gasteiger partial charge in [0.1, 0.15) is 0 Å². The van der Waals surface area contributed by atoms with E-state index in [1.165, 1.54) is 5.56 Å². The largest absolute Gasteiger partial charge is 0.395 e. The number of aliphatic hydroxyl groups excluding tert-OH is 1. The first-order valence-corrected chi connectivity index (χ1v) is 9.47. The lowest BCUT2D eigenvalue weighted by Crippen LogP contribution is -2.34. The van der Waals surface area contributed by atoms with Crippen LogP contribution in [0.5, 0.6) is 0 Å². The fourth-order valence-corrected chi connectivity index (χ4v) is 3.73. The van der Waals surface area contributed by atoms with Crippen LogP contribution < -0.4 is 0 Å². The number of fused-ring (bicyclic) bond motifs is 1. The molecule has 0 aliphatic rings. The summed E-state index contributed by atoms with van der Waals surface area (Å²) in [6.07, 6.45) is 3.34. The third kappa shape index (κ3) is 3.75. The summed E-state index contributed by atoms with van der Waals surface area (Å²) in [5.41, 5.74) is 4.25. The number of hydrogen-bond donors (Lipinski definition) is 1. The predicted molar refractivity (Wildman–Crippen MR) is 101 cm³/mol. The van der Waals surface area contributed by atoms with Crippen LogP contribution in [0.3, 0.4) is 0 Å². The van der Waals surface area contributed by atoms with Gasteiger partial charge in [0.2, 0.25) is 5.91 Å². The summed E-state index contributed by atoms with van der Waals surface area (Å²) >= 11 is 1.54. The molecule has 3 aromatic rings. The fourth-order valence-electron chi connectivity index (χ4n) is 2.85. The topological polar surface area (TPSA) is 57.8 Å². The van der Waals surface area contributed by atoms with Crippen molar-refractivity contribution < 1.29 is 9.90 Å². The second-order valence-electron chi connectivity index (χ2n) is 5.93. The highest BCUT2D eigenvalue weighted by Crippen LogP contribution is 2.24. The van der Waals surface area contributed by atoms with Crippen molar-refractivity contribution in [1.29, 1.82) is 0 Å². The summed E-state index contributed by atoms with van der Waals surface area (Å²) in [6.45, 7) is 5.03. The van der Waals surface area contributed by atoms with Crippen LogP contribution in [0.15, 0.2) is 35.8 Å². The van der Waals surface area contributed by atoms with Gasteiger partial charge in [-0.2, -0.15) is 0 Å². The molecule has 0 saturated carbocycles. The monoisotopic (exact) mass is 357 g/mol. The third-order valence-corrected chi connectivity index (χ3v) is 5.27. The Morgan fingerprint density at radius 1 is 1.28 bits per heavy atom. The van der Waals surface area contributed by atoms with Crippen molar-refractivity contribution in [2.45, 2.75) is 26.7 Å². The lowest BCUT2D eigenvalue weighted by molar-refractivity contribution is -0.130. The third-order valence-electron chi connectivity index (χ3n) is 4.38. The first-order valence-electron chi connectivity index (χ1n) is 8.59. The summed E-state index contributed by atoms with van der Waals surface area (Å²) in [4.78, 5) is 19.7. The molecule has 0 radical (unpaired) electrons. The van der Waals surface area contributed by atoms with Crippen molar-refractivity contribution in [2.75, 3.05) is 19.7 Å². The fraction of sp³-hybridized carbons (Fsp3) is 0.368. The molecule has 0 bridgehead atoms. The number of aromatic nitrogens is 2. The summed E-state index contributed by atoms with van der Waals surface area (Å²) in [5, 5.41) is 11.1. The highest BCUT2D eigenvalue weighted by Gasteiger charge is 2.16. The highest BCUT2D eigenvalue weighted by molar-refractivity contribution is 7.15. The number of amides is 1. The zero-order valence-electron chi connectivity index (χ0n) is 14.6. The van der Waals surface area contributed by atoms with Crippen LogP contribution in [0, 0.1) is 0 Å². The van der Waals surface area contributed by atoms with E-state index >= 15 is 0 Å². The van der Waals surface area contributed by atoms with E-state index in [0.717, 1.165) is 28.3 Å². The number of likely N-dealkylation sites (N-methyl/N-ethyl adjacent to an activating group) is 1. The summed E-state index contributed by atoms with van der Waals surface area (Å²) in [5.74, 6) is 0.0267. The van der Waals surface area contributed by atoms with E-state index in [4.69, 9.17) is 5.11 Å². The van der Waals surface area contributed by atoms with E-state index in [0.29, 0.717) is 19.5 Å². The molecule has 1 aromatic carbocycles. The van der Waals surface area contributed by atoms with Gasteiger partial charge in [0.05, 0.1) is 18.7 Å². The summed E-state index contributed by atoms with van der Waals surface area (Å²) in [7, 11) is 0. The van der Waals surface area contributed by atoms with E-state index in [1.54, 1.807) is 16.2 Å². The number of imidazole rings is 1. The number of thiazole rings is 1. The second kappa shape index (κ2) is 7.80. The van der Waals surface area contributed by atoms with Crippen LogP contribution >= 0.6 is 11.3 Å². The molecule has 6 heteroatoms. The molecule has 0 aliphatic heterocycles. The minimum Gasteiger partial charge on any atom is -0.395 e. The van der Waals surface area contributed by atoms with Gasteiger partial charge in [-0.25, -0.2) is 4.98 Å². The van der Waals surface area contributed by atoms with E-state index in [9.17, 15) is 4.79 Å². The SMILES string of the molecule is CCc1ccc(-c2cn3c(CC(=O)N(CC)CCO)csc3n2)cc1. The average molecular weight is 357 g/mol. The van der Waals surface area contributed by atoms with Crippen LogP contribution in [0.4, 0.5) is 0 Å². The standard InChI is InChI=1S/C19H23N3O2S/c1-3-14-5-7-15(8-6-14)17-12-22-16(13-25-19(22)20-17)11-18(24)21(4-2)9-10-23/h5-8,12-13,23H,3-4,9-11H2,1-2H3. The molecule has 0 spiro atoms. The van der Waals surface area contributed by atoms with Crippen LogP contribution in [0.25, 0.3) is 16.2 Å². The van der Waals surface area contributed by atoms with Crippen molar-refractivity contribution in [1.82, 2.24) is 14.3 Å². The molecule has 0 fully saturated rings. The normalized spacial score (nSPS) is 11.2. The van der Waals surface area contributed by atoms with Crippen molar-refractivity contribution in [3.63, 3.8) is 0 Å². The van der Waals surface area contributed by atoms with Crippen LogP contribution in [0.1, 0.15) is 25.1 Å². The van der Waals surface area contributed by atoms with Gasteiger partial charge < -0.3 is 10.0 Å². The number of aryl methyl sites for hydroxylation is 1. The Bertz CT molecular complexity index is 851. The quantitative estimate of drug-likeness (QED) is 0.707. The molecule has 0 unspecified atom stereocenters. The Kier molecular flexibility index (Phi) is 5.50. The number of hydrogen-bond acceptors (Lipinski definition) is 4. The van der Waals surface area contributed by atoms with E-state index < -0.39 is 0 Å². The second-order valence-corrected chi connectivity index (χ2v) is 6.77. The maximum absolute atomic E-state index is 12.4. The van der Waals surface area contributed by atoms with Crippen molar-refractivity contribution in [3.8, 4) is 11.3 Å². The first-order chi connectivity index (χ1) is 12.2. The van der Waals surface area contributed by atoms with Crippen LogP contribution in [-0.4, -0.2) is 45.0 Å². The maximum Gasteiger partial charge on any atom is 0.228 e. The molecule has 2 heterocycles. The van der Waals surface area contributed by atoms with E-state index in [1.807, 2.05) is 22.9 Å². The zero-order chi connectivity index (χ0) is 17.8. The molecule has 0 aliphatic carbocycles. The van der Waals surface area contributed by atoms with Gasteiger partial charge >= 0.3 is 0 Å². The number of carbonyl (C=O) groups excluding carboxylic acids is 1. The van der Waals surface area contributed by atoms with Gasteiger partial charge in [0, 0.05) is 35.9 Å². The average Bonchev–Trinajstić information content (AvgIpc) is 3.21. The van der Waals surface area contributed by atoms with Gasteiger partial charge in [-0.3, -0.25) is 9.20 Å². The molecule has 0 saturated heterocycles. The Morgan fingerprint density at radius 2 is 2.04 bits per heavy atom. The zero-order valence-corrected chi connectivity index (χ0v) is 15.4. The van der Waals surface area contributed by atoms with Crippen LogP contribution in [-0.2, 0) is 17.6 Å². The Morgan fingerprint density at radius 3 is 2.68 bits per heavy atom. The van der Waals surface area contributed by atoms with Crippen molar-refractivity contribution >= 4 is 22.2 Å². The smallest absolute Gasteiger partial charge is 0.228 e. The number of carbonyl (C=O) groups is 1. The minimum absolute atomic E-state index is 0.0123. The molecule has 132 valence electrons. The Labute approximate surface area is 151 Å². The maximum atomic E-state index is 12.4. The molecule has 3 rings (SSSR count). The van der Waals surface area contributed by atoms with Gasteiger partial charge in [-0.1, -0.05) is 31.2 Å². The van der Waals surface area contributed by atoms with Gasteiger partial charge in [-0.05, 0) is 18.9 Å². The van der Waals surface area contributed by atoms with Crippen molar-refractivity contribution in [2.24, 2.45) is 0 Å².